The normalized spacial score (nSPS) is 20.4. The minimum Gasteiger partial charge on any atom is -0.350 e. The molecule has 1 aromatic rings. The third-order valence-electron chi connectivity index (χ3n) is 4.38. The summed E-state index contributed by atoms with van der Waals surface area (Å²) in [5.74, 6) is 13.1. The Hall–Kier alpha value is -2.20. The van der Waals surface area contributed by atoms with Crippen LogP contribution in [-0.2, 0) is 9.47 Å². The highest BCUT2D eigenvalue weighted by atomic mass is 16.7. The molecule has 2 aliphatic rings. The van der Waals surface area contributed by atoms with Crippen molar-refractivity contribution in [3.05, 3.63) is 29.3 Å². The molecule has 0 radical (unpaired) electrons. The Labute approximate surface area is 162 Å². The van der Waals surface area contributed by atoms with Gasteiger partial charge in [0.25, 0.3) is 0 Å². The predicted octanol–water partition coefficient (Wildman–Crippen LogP) is 2.97. The van der Waals surface area contributed by atoms with Crippen LogP contribution < -0.4 is 11.3 Å². The zero-order valence-corrected chi connectivity index (χ0v) is 16.3. The second-order valence-electron chi connectivity index (χ2n) is 7.90. The van der Waals surface area contributed by atoms with Crippen LogP contribution in [0, 0.1) is 30.1 Å². The molecule has 0 bridgehead atoms. The van der Waals surface area contributed by atoms with E-state index in [0.29, 0.717) is 31.5 Å². The molecular formula is C21H30N4O2. The molecule has 1 aliphatic carbocycles. The van der Waals surface area contributed by atoms with E-state index < -0.39 is 0 Å². The Bertz CT molecular complexity index is 781. The third-order valence-corrected chi connectivity index (χ3v) is 4.38. The molecule has 0 amide bonds. The van der Waals surface area contributed by atoms with Gasteiger partial charge in [0.2, 0.25) is 0 Å². The SMILES string of the molecule is Cc1ccc(C#CC2CC2)cc1N=C(C=NCC1OCC(C)(C)CO1)NN.[HH]. The number of nitrogens with two attached hydrogens (primary N) is 1. The lowest BCUT2D eigenvalue weighted by Gasteiger charge is -2.33. The zero-order valence-electron chi connectivity index (χ0n) is 16.3. The number of nitrogens with zero attached hydrogens (tertiary/aromatic N) is 2. The molecule has 0 unspecified atom stereocenters. The monoisotopic (exact) mass is 370 g/mol. The quantitative estimate of drug-likeness (QED) is 0.281. The van der Waals surface area contributed by atoms with E-state index in [9.17, 15) is 0 Å². The highest BCUT2D eigenvalue weighted by Gasteiger charge is 2.27. The van der Waals surface area contributed by atoms with Crippen LogP contribution in [0.5, 0.6) is 0 Å². The van der Waals surface area contributed by atoms with Gasteiger partial charge in [-0.3, -0.25) is 4.99 Å². The van der Waals surface area contributed by atoms with E-state index in [2.05, 4.69) is 41.1 Å². The van der Waals surface area contributed by atoms with Crippen molar-refractivity contribution in [2.75, 3.05) is 19.8 Å². The van der Waals surface area contributed by atoms with Crippen molar-refractivity contribution >= 4 is 17.7 Å². The van der Waals surface area contributed by atoms with Gasteiger partial charge < -0.3 is 14.9 Å². The highest BCUT2D eigenvalue weighted by Crippen LogP contribution is 2.28. The van der Waals surface area contributed by atoms with Crippen molar-refractivity contribution < 1.29 is 10.9 Å². The van der Waals surface area contributed by atoms with Gasteiger partial charge in [0.1, 0.15) is 0 Å². The molecule has 1 saturated heterocycles. The van der Waals surface area contributed by atoms with Gasteiger partial charge in [0.05, 0.1) is 31.7 Å². The van der Waals surface area contributed by atoms with E-state index >= 15 is 0 Å². The fourth-order valence-electron chi connectivity index (χ4n) is 2.51. The first kappa shape index (κ1) is 19.6. The number of aliphatic imine (C=N–C) groups is 2. The van der Waals surface area contributed by atoms with Crippen molar-refractivity contribution in [2.24, 2.45) is 27.2 Å². The zero-order chi connectivity index (χ0) is 19.3. The minimum atomic E-state index is -0.323. The summed E-state index contributed by atoms with van der Waals surface area (Å²) in [6.07, 6.45) is 3.71. The molecule has 1 aliphatic heterocycles. The molecular weight excluding hydrogens is 340 g/mol. The average Bonchev–Trinajstić information content (AvgIpc) is 3.47. The van der Waals surface area contributed by atoms with Gasteiger partial charge in [0.15, 0.2) is 12.1 Å². The maximum absolute atomic E-state index is 5.67. The minimum absolute atomic E-state index is 0. The second kappa shape index (κ2) is 8.66. The number of hydrogen-bond donors (Lipinski definition) is 2. The summed E-state index contributed by atoms with van der Waals surface area (Å²) in [5.41, 5.74) is 5.48. The van der Waals surface area contributed by atoms with Gasteiger partial charge in [-0.05, 0) is 37.5 Å². The first-order valence-corrected chi connectivity index (χ1v) is 9.36. The Morgan fingerprint density at radius 2 is 2.11 bits per heavy atom. The van der Waals surface area contributed by atoms with Crippen LogP contribution >= 0.6 is 0 Å². The number of aryl methyl sites for hydroxylation is 1. The molecule has 3 rings (SSSR count). The number of amidine groups is 1. The number of benzene rings is 1. The number of hydrogen-bond acceptors (Lipinski definition) is 5. The number of nitrogens with one attached hydrogen (secondary N) is 1. The topological polar surface area (TPSA) is 81.2 Å². The molecule has 3 N–H and O–H groups in total. The molecule has 146 valence electrons. The summed E-state index contributed by atoms with van der Waals surface area (Å²) in [6.45, 7) is 7.97. The molecule has 0 aromatic heterocycles. The van der Waals surface area contributed by atoms with Crippen molar-refractivity contribution in [1.29, 1.82) is 0 Å². The van der Waals surface area contributed by atoms with Crippen LogP contribution in [0.4, 0.5) is 5.69 Å². The predicted molar refractivity (Wildman–Crippen MR) is 110 cm³/mol. The van der Waals surface area contributed by atoms with Gasteiger partial charge in [-0.2, -0.15) is 0 Å². The van der Waals surface area contributed by atoms with Crippen LogP contribution in [0.1, 0.15) is 39.2 Å². The molecule has 6 nitrogen and oxygen atoms in total. The van der Waals surface area contributed by atoms with Gasteiger partial charge in [-0.15, -0.1) is 0 Å². The van der Waals surface area contributed by atoms with E-state index in [4.69, 9.17) is 15.3 Å². The first-order valence-electron chi connectivity index (χ1n) is 9.36. The standard InChI is InChI=1S/C21H28N4O2.H2/c1-15-4-5-17(9-8-16-6-7-16)10-18(15)24-19(25-22)11-23-12-20-26-13-21(2,3)14-27-20;/h4-5,10-11,16,20H,6-7,12-14,22H2,1-3H3,(H,24,25);1H. The van der Waals surface area contributed by atoms with Crippen LogP contribution in [0.25, 0.3) is 0 Å². The Morgan fingerprint density at radius 1 is 1.37 bits per heavy atom. The Balaban J connectivity index is 0.00000280. The van der Waals surface area contributed by atoms with E-state index in [0.717, 1.165) is 16.8 Å². The molecule has 1 aromatic carbocycles. The van der Waals surface area contributed by atoms with Gasteiger partial charge in [-0.25, -0.2) is 10.8 Å². The average molecular weight is 370 g/mol. The first-order chi connectivity index (χ1) is 12.9. The second-order valence-corrected chi connectivity index (χ2v) is 7.90. The van der Waals surface area contributed by atoms with Crippen molar-refractivity contribution in [2.45, 2.75) is 39.9 Å². The van der Waals surface area contributed by atoms with Gasteiger partial charge in [-0.1, -0.05) is 31.8 Å². The largest absolute Gasteiger partial charge is 0.350 e. The highest BCUT2D eigenvalue weighted by molar-refractivity contribution is 6.29. The lowest BCUT2D eigenvalue weighted by molar-refractivity contribution is -0.215. The number of ether oxygens (including phenoxy) is 2. The fourth-order valence-corrected chi connectivity index (χ4v) is 2.51. The lowest BCUT2D eigenvalue weighted by Crippen LogP contribution is -2.39. The molecule has 1 heterocycles. The van der Waals surface area contributed by atoms with Crippen LogP contribution in [0.3, 0.4) is 0 Å². The van der Waals surface area contributed by atoms with E-state index in [1.807, 2.05) is 25.1 Å². The third kappa shape index (κ3) is 6.17. The molecule has 6 heteroatoms. The summed E-state index contributed by atoms with van der Waals surface area (Å²) in [7, 11) is 0. The maximum Gasteiger partial charge on any atom is 0.176 e. The maximum atomic E-state index is 5.67. The number of hydrazine groups is 1. The van der Waals surface area contributed by atoms with Crippen LogP contribution in [0.15, 0.2) is 28.2 Å². The summed E-state index contributed by atoms with van der Waals surface area (Å²) in [4.78, 5) is 8.92. The van der Waals surface area contributed by atoms with E-state index in [-0.39, 0.29) is 13.1 Å². The fraction of sp³-hybridized carbons (Fsp3) is 0.524. The van der Waals surface area contributed by atoms with Crippen molar-refractivity contribution in [1.82, 2.24) is 5.43 Å². The van der Waals surface area contributed by atoms with Crippen molar-refractivity contribution in [3.63, 3.8) is 0 Å². The molecule has 1 saturated carbocycles. The number of rotatable bonds is 4. The molecule has 0 atom stereocenters. The van der Waals surface area contributed by atoms with E-state index in [1.165, 1.54) is 12.8 Å². The van der Waals surface area contributed by atoms with Crippen molar-refractivity contribution in [3.8, 4) is 11.8 Å². The Morgan fingerprint density at radius 3 is 2.78 bits per heavy atom. The van der Waals surface area contributed by atoms with Gasteiger partial charge >= 0.3 is 0 Å². The van der Waals surface area contributed by atoms with Crippen LogP contribution in [0.2, 0.25) is 0 Å². The Kier molecular flexibility index (Phi) is 6.27. The summed E-state index contributed by atoms with van der Waals surface area (Å²) in [5, 5.41) is 0. The molecule has 0 spiro atoms. The summed E-state index contributed by atoms with van der Waals surface area (Å²) < 4.78 is 11.3. The smallest absolute Gasteiger partial charge is 0.176 e. The molecule has 2 fully saturated rings. The summed E-state index contributed by atoms with van der Waals surface area (Å²) >= 11 is 0. The van der Waals surface area contributed by atoms with Crippen LogP contribution in [-0.4, -0.2) is 38.1 Å². The van der Waals surface area contributed by atoms with Gasteiger partial charge in [0, 0.05) is 18.3 Å². The lowest BCUT2D eigenvalue weighted by atomic mass is 9.96. The molecule has 27 heavy (non-hydrogen) atoms. The van der Waals surface area contributed by atoms with E-state index in [1.54, 1.807) is 6.21 Å². The summed E-state index contributed by atoms with van der Waals surface area (Å²) in [6, 6.07) is 6.02.